The highest BCUT2D eigenvalue weighted by atomic mass is 32.2. The molecule has 0 saturated heterocycles. The van der Waals surface area contributed by atoms with Crippen molar-refractivity contribution < 1.29 is 32.8 Å². The Balaban J connectivity index is 2.01. The number of rotatable bonds is 8. The number of Topliss-reactive ketones (excluding diaryl/α,β-unsaturated/α-hetero) is 1. The van der Waals surface area contributed by atoms with Gasteiger partial charge in [0, 0.05) is 11.6 Å². The third-order valence-corrected chi connectivity index (χ3v) is 4.13. The van der Waals surface area contributed by atoms with Crippen molar-refractivity contribution in [1.29, 1.82) is 0 Å². The summed E-state index contributed by atoms with van der Waals surface area (Å²) in [5.74, 6) is -1.57. The van der Waals surface area contributed by atoms with Crippen LogP contribution in [0.15, 0.2) is 47.4 Å². The lowest BCUT2D eigenvalue weighted by atomic mass is 10.1. The Morgan fingerprint density at radius 2 is 1.78 bits per heavy atom. The average Bonchev–Trinajstić information content (AvgIpc) is 2.65. The summed E-state index contributed by atoms with van der Waals surface area (Å²) >= 11 is 1.16. The van der Waals surface area contributed by atoms with Crippen LogP contribution in [0.2, 0.25) is 0 Å². The number of nitrogens with zero attached hydrogens (tertiary/aromatic N) is 1. The number of hydrogen-bond donors (Lipinski definition) is 0. The van der Waals surface area contributed by atoms with E-state index in [0.717, 1.165) is 17.8 Å². The molecule has 2 aromatic carbocycles. The van der Waals surface area contributed by atoms with Gasteiger partial charge >= 0.3 is 12.6 Å². The van der Waals surface area contributed by atoms with Gasteiger partial charge in [0.25, 0.3) is 5.69 Å². The minimum atomic E-state index is -2.98. The molecule has 0 radical (unpaired) electrons. The summed E-state index contributed by atoms with van der Waals surface area (Å²) in [6.07, 6.45) is 1.66. The molecule has 27 heavy (non-hydrogen) atoms. The number of hydrogen-bond acceptors (Lipinski definition) is 7. The Labute approximate surface area is 156 Å². The smallest absolute Gasteiger partial charge is 0.387 e. The average molecular weight is 397 g/mol. The van der Waals surface area contributed by atoms with Crippen LogP contribution in [0.1, 0.15) is 20.7 Å². The van der Waals surface area contributed by atoms with Gasteiger partial charge in [-0.15, -0.1) is 11.8 Å². The van der Waals surface area contributed by atoms with Crippen LogP contribution in [-0.4, -0.2) is 36.2 Å². The van der Waals surface area contributed by atoms with E-state index in [1.54, 1.807) is 6.26 Å². The van der Waals surface area contributed by atoms with Crippen LogP contribution >= 0.6 is 11.8 Å². The summed E-state index contributed by atoms with van der Waals surface area (Å²) < 4.78 is 33.2. The van der Waals surface area contributed by atoms with Gasteiger partial charge in [-0.2, -0.15) is 8.78 Å². The van der Waals surface area contributed by atoms with E-state index in [1.807, 2.05) is 0 Å². The second-order valence-corrected chi connectivity index (χ2v) is 5.89. The van der Waals surface area contributed by atoms with Gasteiger partial charge in [0.05, 0.1) is 15.4 Å². The van der Waals surface area contributed by atoms with Crippen molar-refractivity contribution in [1.82, 2.24) is 0 Å². The maximum atomic E-state index is 12.1. The molecule has 0 aliphatic heterocycles. The molecule has 10 heteroatoms. The number of esters is 1. The number of nitro groups is 1. The zero-order valence-corrected chi connectivity index (χ0v) is 14.7. The maximum Gasteiger partial charge on any atom is 0.387 e. The molecule has 0 aliphatic carbocycles. The molecule has 0 unspecified atom stereocenters. The van der Waals surface area contributed by atoms with Crippen LogP contribution in [-0.2, 0) is 4.74 Å². The summed E-state index contributed by atoms with van der Waals surface area (Å²) in [5, 5.41) is 11.0. The number of ketones is 1. The zero-order chi connectivity index (χ0) is 20.0. The van der Waals surface area contributed by atoms with E-state index < -0.39 is 29.9 Å². The molecule has 0 spiro atoms. The summed E-state index contributed by atoms with van der Waals surface area (Å²) in [7, 11) is 0. The number of benzene rings is 2. The summed E-state index contributed by atoms with van der Waals surface area (Å²) in [4.78, 5) is 34.8. The first-order chi connectivity index (χ1) is 12.8. The van der Waals surface area contributed by atoms with E-state index in [1.165, 1.54) is 36.4 Å². The number of alkyl halides is 2. The highest BCUT2D eigenvalue weighted by molar-refractivity contribution is 7.98. The van der Waals surface area contributed by atoms with Crippen molar-refractivity contribution in [3.8, 4) is 5.75 Å². The van der Waals surface area contributed by atoms with E-state index in [4.69, 9.17) is 4.74 Å². The van der Waals surface area contributed by atoms with Crippen LogP contribution in [0.4, 0.5) is 14.5 Å². The lowest BCUT2D eigenvalue weighted by molar-refractivity contribution is -0.387. The number of ether oxygens (including phenoxy) is 2. The van der Waals surface area contributed by atoms with Crippen molar-refractivity contribution >= 4 is 29.2 Å². The molecule has 7 nitrogen and oxygen atoms in total. The first-order valence-electron chi connectivity index (χ1n) is 7.39. The molecule has 0 fully saturated rings. The van der Waals surface area contributed by atoms with E-state index in [0.29, 0.717) is 4.90 Å². The third-order valence-electron chi connectivity index (χ3n) is 3.35. The fourth-order valence-corrected chi connectivity index (χ4v) is 2.63. The van der Waals surface area contributed by atoms with Gasteiger partial charge in [-0.1, -0.05) is 0 Å². The van der Waals surface area contributed by atoms with Crippen LogP contribution < -0.4 is 4.74 Å². The first-order valence-corrected chi connectivity index (χ1v) is 8.62. The van der Waals surface area contributed by atoms with Crippen molar-refractivity contribution in [3.05, 3.63) is 63.7 Å². The van der Waals surface area contributed by atoms with Gasteiger partial charge in [0.15, 0.2) is 12.4 Å². The van der Waals surface area contributed by atoms with E-state index in [9.17, 15) is 28.5 Å². The monoisotopic (exact) mass is 397 g/mol. The summed E-state index contributed by atoms with van der Waals surface area (Å²) in [6, 6.07) is 8.75. The van der Waals surface area contributed by atoms with Crippen molar-refractivity contribution in [3.63, 3.8) is 0 Å². The van der Waals surface area contributed by atoms with Crippen LogP contribution in [0, 0.1) is 10.1 Å². The van der Waals surface area contributed by atoms with E-state index >= 15 is 0 Å². The van der Waals surface area contributed by atoms with Crippen LogP contribution in [0.3, 0.4) is 0 Å². The molecule has 142 valence electrons. The topological polar surface area (TPSA) is 95.7 Å². The van der Waals surface area contributed by atoms with Crippen molar-refractivity contribution in [2.24, 2.45) is 0 Å². The van der Waals surface area contributed by atoms with Gasteiger partial charge < -0.3 is 9.47 Å². The summed E-state index contributed by atoms with van der Waals surface area (Å²) in [5.41, 5.74) is -0.168. The number of thioether (sulfide) groups is 1. The Morgan fingerprint density at radius 3 is 2.33 bits per heavy atom. The number of halogens is 2. The molecule has 0 bridgehead atoms. The van der Waals surface area contributed by atoms with Gasteiger partial charge in [-0.3, -0.25) is 14.9 Å². The first kappa shape index (κ1) is 20.3. The SMILES string of the molecule is CSc1ccc(C(=O)OCC(=O)c2ccc(OC(F)F)cc2)cc1[N+](=O)[O-]. The Hall–Kier alpha value is -3.01. The molecule has 2 rings (SSSR count). The Morgan fingerprint density at radius 1 is 1.15 bits per heavy atom. The molecule has 2 aromatic rings. The lowest BCUT2D eigenvalue weighted by Gasteiger charge is -2.07. The molecule has 0 amide bonds. The highest BCUT2D eigenvalue weighted by Crippen LogP contribution is 2.28. The standard InChI is InChI=1S/C17H13F2NO6S/c1-27-15-7-4-11(8-13(15)20(23)24)16(22)25-9-14(21)10-2-5-12(6-3-10)26-17(18)19/h2-8,17H,9H2,1H3. The predicted molar refractivity (Wildman–Crippen MR) is 92.6 cm³/mol. The van der Waals surface area contributed by atoms with Gasteiger partial charge in [0.2, 0.25) is 0 Å². The van der Waals surface area contributed by atoms with Gasteiger partial charge in [-0.05, 0) is 42.7 Å². The summed E-state index contributed by atoms with van der Waals surface area (Å²) in [6.45, 7) is -3.58. The zero-order valence-electron chi connectivity index (χ0n) is 13.9. The molecular weight excluding hydrogens is 384 g/mol. The Kier molecular flexibility index (Phi) is 6.83. The molecular formula is C17H13F2NO6S. The number of carbonyl (C=O) groups is 2. The van der Waals surface area contributed by atoms with E-state index in [-0.39, 0.29) is 22.6 Å². The second kappa shape index (κ2) is 9.08. The minimum Gasteiger partial charge on any atom is -0.454 e. The van der Waals surface area contributed by atoms with Crippen LogP contribution in [0.25, 0.3) is 0 Å². The van der Waals surface area contributed by atoms with Gasteiger partial charge in [0.1, 0.15) is 5.75 Å². The Bertz CT molecular complexity index is 857. The molecule has 0 aliphatic rings. The normalized spacial score (nSPS) is 10.5. The van der Waals surface area contributed by atoms with Crippen molar-refractivity contribution in [2.75, 3.05) is 12.9 Å². The van der Waals surface area contributed by atoms with Crippen LogP contribution in [0.5, 0.6) is 5.75 Å². The molecule has 0 N–H and O–H groups in total. The quantitative estimate of drug-likeness (QED) is 0.219. The van der Waals surface area contributed by atoms with E-state index in [2.05, 4.69) is 4.74 Å². The number of carbonyl (C=O) groups excluding carboxylic acids is 2. The number of nitro benzene ring substituents is 1. The third kappa shape index (κ3) is 5.48. The molecule has 0 aromatic heterocycles. The van der Waals surface area contributed by atoms with Crippen molar-refractivity contribution in [2.45, 2.75) is 11.5 Å². The minimum absolute atomic E-state index is 0.0621. The second-order valence-electron chi connectivity index (χ2n) is 5.05. The lowest BCUT2D eigenvalue weighted by Crippen LogP contribution is -2.14. The highest BCUT2D eigenvalue weighted by Gasteiger charge is 2.19. The fraction of sp³-hybridized carbons (Fsp3) is 0.176. The van der Waals surface area contributed by atoms with Gasteiger partial charge in [-0.25, -0.2) is 4.79 Å². The molecule has 0 atom stereocenters. The molecule has 0 saturated carbocycles. The maximum absolute atomic E-state index is 12.1. The largest absolute Gasteiger partial charge is 0.454 e. The fourth-order valence-electron chi connectivity index (χ4n) is 2.08. The molecule has 0 heterocycles. The predicted octanol–water partition coefficient (Wildman–Crippen LogP) is 3.96.